The largest absolute Gasteiger partial charge is 0.507 e. The molecule has 0 amide bonds. The van der Waals surface area contributed by atoms with Gasteiger partial charge in [0.15, 0.2) is 0 Å². The minimum absolute atomic E-state index is 0.315. The molecule has 1 unspecified atom stereocenters. The van der Waals surface area contributed by atoms with Crippen LogP contribution < -0.4 is 4.74 Å². The minimum Gasteiger partial charge on any atom is -0.507 e. The predicted octanol–water partition coefficient (Wildman–Crippen LogP) is 2.65. The molecule has 1 heterocycles. The predicted molar refractivity (Wildman–Crippen MR) is 93.5 cm³/mol. The van der Waals surface area contributed by atoms with Gasteiger partial charge < -0.3 is 19.1 Å². The zero-order valence-electron chi connectivity index (χ0n) is 15.9. The number of phenols is 1. The van der Waals surface area contributed by atoms with E-state index in [1.54, 1.807) is 6.92 Å². The van der Waals surface area contributed by atoms with Gasteiger partial charge in [-0.15, -0.1) is 0 Å². The van der Waals surface area contributed by atoms with Crippen molar-refractivity contribution >= 4 is 5.97 Å². The molecule has 0 saturated heterocycles. The summed E-state index contributed by atoms with van der Waals surface area (Å²) in [6.07, 6.45) is 1.24. The lowest BCUT2D eigenvalue weighted by Crippen LogP contribution is -2.47. The highest BCUT2D eigenvalue weighted by molar-refractivity contribution is 5.80. The highest BCUT2D eigenvalue weighted by Crippen LogP contribution is 2.43. The lowest BCUT2D eigenvalue weighted by molar-refractivity contribution is -0.870. The summed E-state index contributed by atoms with van der Waals surface area (Å²) in [6.45, 7) is 8.60. The molecule has 1 aromatic carbocycles. The second-order valence-corrected chi connectivity index (χ2v) is 8.01. The molecule has 0 aromatic heterocycles. The van der Waals surface area contributed by atoms with Crippen LogP contribution in [0.3, 0.4) is 0 Å². The van der Waals surface area contributed by atoms with Gasteiger partial charge in [0.1, 0.15) is 24.7 Å². The quantitative estimate of drug-likeness (QED) is 0.678. The summed E-state index contributed by atoms with van der Waals surface area (Å²) < 4.78 is 12.3. The van der Waals surface area contributed by atoms with Crippen molar-refractivity contribution in [2.45, 2.75) is 46.1 Å². The summed E-state index contributed by atoms with van der Waals surface area (Å²) in [5.74, 6) is 0.730. The summed E-state index contributed by atoms with van der Waals surface area (Å²) in [4.78, 5) is 12.6. The number of quaternary nitrogens is 1. The standard InChI is InChI=1S/C19H29NO4/c1-12-13(2)17-15(14(3)16(12)21)8-9-19(4,24-17)18(22)23-11-10-20(5,6)7/h8-11H2,1-7H3/p+1. The van der Waals surface area contributed by atoms with Gasteiger partial charge in [0, 0.05) is 12.0 Å². The molecule has 2 rings (SSSR count). The first-order valence-electron chi connectivity index (χ1n) is 8.44. The van der Waals surface area contributed by atoms with Gasteiger partial charge in [-0.1, -0.05) is 0 Å². The number of benzene rings is 1. The molecule has 1 aliphatic heterocycles. The van der Waals surface area contributed by atoms with Gasteiger partial charge >= 0.3 is 5.97 Å². The van der Waals surface area contributed by atoms with Crippen molar-refractivity contribution in [2.24, 2.45) is 0 Å². The number of rotatable bonds is 4. The monoisotopic (exact) mass is 336 g/mol. The van der Waals surface area contributed by atoms with E-state index in [-0.39, 0.29) is 5.97 Å². The molecule has 0 spiro atoms. The average molecular weight is 336 g/mol. The summed E-state index contributed by atoms with van der Waals surface area (Å²) >= 11 is 0. The van der Waals surface area contributed by atoms with Gasteiger partial charge in [-0.2, -0.15) is 0 Å². The van der Waals surface area contributed by atoms with Crippen LogP contribution in [0.15, 0.2) is 0 Å². The van der Waals surface area contributed by atoms with Gasteiger partial charge in [-0.3, -0.25) is 0 Å². The van der Waals surface area contributed by atoms with Crippen molar-refractivity contribution in [2.75, 3.05) is 34.3 Å². The number of fused-ring (bicyclic) bond motifs is 1. The maximum atomic E-state index is 12.6. The molecule has 1 atom stereocenters. The van der Waals surface area contributed by atoms with Crippen LogP contribution in [0.5, 0.6) is 11.5 Å². The Bertz CT molecular complexity index is 661. The fourth-order valence-corrected chi connectivity index (χ4v) is 2.96. The number of likely N-dealkylation sites (N-methyl/N-ethyl adjacent to an activating group) is 1. The van der Waals surface area contributed by atoms with Crippen molar-refractivity contribution in [1.82, 2.24) is 0 Å². The second kappa shape index (κ2) is 6.28. The average Bonchev–Trinajstić information content (AvgIpc) is 2.49. The Kier molecular flexibility index (Phi) is 4.86. The maximum Gasteiger partial charge on any atom is 0.350 e. The van der Waals surface area contributed by atoms with Crippen LogP contribution in [0.2, 0.25) is 0 Å². The zero-order valence-corrected chi connectivity index (χ0v) is 15.9. The van der Waals surface area contributed by atoms with Gasteiger partial charge in [0.2, 0.25) is 5.60 Å². The summed E-state index contributed by atoms with van der Waals surface area (Å²) in [6, 6.07) is 0. The van der Waals surface area contributed by atoms with Crippen LogP contribution in [0.25, 0.3) is 0 Å². The van der Waals surface area contributed by atoms with E-state index < -0.39 is 5.60 Å². The Labute approximate surface area is 144 Å². The van der Waals surface area contributed by atoms with E-state index in [9.17, 15) is 9.90 Å². The Morgan fingerprint density at radius 1 is 1.21 bits per heavy atom. The summed E-state index contributed by atoms with van der Waals surface area (Å²) in [7, 11) is 6.18. The number of ether oxygens (including phenoxy) is 2. The molecule has 0 saturated carbocycles. The van der Waals surface area contributed by atoms with Gasteiger partial charge in [0.25, 0.3) is 0 Å². The molecule has 0 aliphatic carbocycles. The van der Waals surface area contributed by atoms with Crippen molar-refractivity contribution in [3.05, 3.63) is 22.3 Å². The van der Waals surface area contributed by atoms with Crippen molar-refractivity contribution < 1.29 is 23.9 Å². The number of carbonyl (C=O) groups excluding carboxylic acids is 1. The molecule has 24 heavy (non-hydrogen) atoms. The van der Waals surface area contributed by atoms with Crippen molar-refractivity contribution in [3.63, 3.8) is 0 Å². The Balaban J connectivity index is 2.20. The van der Waals surface area contributed by atoms with Gasteiger partial charge in [-0.25, -0.2) is 4.79 Å². The number of phenolic OH excluding ortho intramolecular Hbond substituents is 1. The number of aromatic hydroxyl groups is 1. The van der Waals surface area contributed by atoms with E-state index in [0.29, 0.717) is 25.2 Å². The molecule has 0 radical (unpaired) electrons. The number of hydrogen-bond acceptors (Lipinski definition) is 4. The third-order valence-electron chi connectivity index (χ3n) is 4.95. The minimum atomic E-state index is -0.974. The maximum absolute atomic E-state index is 12.6. The van der Waals surface area contributed by atoms with Crippen LogP contribution in [0, 0.1) is 20.8 Å². The van der Waals surface area contributed by atoms with Crippen LogP contribution in [0.1, 0.15) is 35.6 Å². The van der Waals surface area contributed by atoms with Crippen LogP contribution in [0.4, 0.5) is 0 Å². The molecule has 0 bridgehead atoms. The molecule has 5 nitrogen and oxygen atoms in total. The topological polar surface area (TPSA) is 55.8 Å². The molecule has 5 heteroatoms. The lowest BCUT2D eigenvalue weighted by atomic mass is 9.87. The fraction of sp³-hybridized carbons (Fsp3) is 0.632. The number of hydrogen-bond donors (Lipinski definition) is 1. The highest BCUT2D eigenvalue weighted by Gasteiger charge is 2.42. The summed E-state index contributed by atoms with van der Waals surface area (Å²) in [5.41, 5.74) is 2.55. The van der Waals surface area contributed by atoms with Gasteiger partial charge in [-0.05, 0) is 50.8 Å². The summed E-state index contributed by atoms with van der Waals surface area (Å²) in [5, 5.41) is 10.2. The normalized spacial score (nSPS) is 20.3. The number of carbonyl (C=O) groups is 1. The van der Waals surface area contributed by atoms with Crippen LogP contribution in [-0.2, 0) is 16.0 Å². The smallest absolute Gasteiger partial charge is 0.350 e. The third kappa shape index (κ3) is 3.51. The lowest BCUT2D eigenvalue weighted by Gasteiger charge is -2.36. The van der Waals surface area contributed by atoms with E-state index in [1.165, 1.54) is 0 Å². The molecule has 1 N–H and O–H groups in total. The van der Waals surface area contributed by atoms with E-state index in [4.69, 9.17) is 9.47 Å². The molecule has 1 aliphatic rings. The second-order valence-electron chi connectivity index (χ2n) is 8.01. The number of esters is 1. The number of nitrogens with zero attached hydrogens (tertiary/aromatic N) is 1. The Hall–Kier alpha value is -1.75. The fourth-order valence-electron chi connectivity index (χ4n) is 2.96. The van der Waals surface area contributed by atoms with E-state index in [2.05, 4.69) is 21.1 Å². The third-order valence-corrected chi connectivity index (χ3v) is 4.95. The molecular weight excluding hydrogens is 306 g/mol. The van der Waals surface area contributed by atoms with E-state index >= 15 is 0 Å². The first-order valence-corrected chi connectivity index (χ1v) is 8.44. The van der Waals surface area contributed by atoms with E-state index in [1.807, 2.05) is 20.8 Å². The first kappa shape index (κ1) is 18.6. The van der Waals surface area contributed by atoms with Crippen LogP contribution >= 0.6 is 0 Å². The molecule has 0 fully saturated rings. The van der Waals surface area contributed by atoms with Gasteiger partial charge in [0.05, 0.1) is 21.1 Å². The molecule has 134 valence electrons. The highest BCUT2D eigenvalue weighted by atomic mass is 16.6. The van der Waals surface area contributed by atoms with Crippen molar-refractivity contribution in [1.29, 1.82) is 0 Å². The first-order chi connectivity index (χ1) is 11.0. The zero-order chi connectivity index (χ0) is 18.3. The van der Waals surface area contributed by atoms with Crippen LogP contribution in [-0.4, -0.2) is 55.5 Å². The Morgan fingerprint density at radius 3 is 2.42 bits per heavy atom. The van der Waals surface area contributed by atoms with Crippen molar-refractivity contribution in [3.8, 4) is 11.5 Å². The molecule has 1 aromatic rings. The van der Waals surface area contributed by atoms with E-state index in [0.717, 1.165) is 39.0 Å². The SMILES string of the molecule is Cc1c(C)c2c(c(C)c1O)CCC(C)(C(=O)OCC[N+](C)(C)C)O2. The Morgan fingerprint density at radius 2 is 1.83 bits per heavy atom. The molecular formula is C19H30NO4+.